The summed E-state index contributed by atoms with van der Waals surface area (Å²) < 4.78 is 45.5. The van der Waals surface area contributed by atoms with E-state index in [0.717, 1.165) is 25.0 Å². The summed E-state index contributed by atoms with van der Waals surface area (Å²) in [7, 11) is 0. The maximum atomic E-state index is 12.3. The summed E-state index contributed by atoms with van der Waals surface area (Å²) in [6.07, 6.45) is 1.20. The van der Waals surface area contributed by atoms with Crippen LogP contribution in [-0.4, -0.2) is 36.3 Å². The van der Waals surface area contributed by atoms with Gasteiger partial charge in [-0.2, -0.15) is 0 Å². The second-order valence-corrected chi connectivity index (χ2v) is 8.37. The fraction of sp³-hybridized carbons (Fsp3) is 0.476. The summed E-state index contributed by atoms with van der Waals surface area (Å²) in [6.45, 7) is 0.476. The minimum atomic E-state index is -4.77. The van der Waals surface area contributed by atoms with Gasteiger partial charge in [-0.1, -0.05) is 19.3 Å². The number of alkyl halides is 3. The molecular formula is C21H24F3N3O4S. The number of nitrogens with one attached hydrogen (secondary N) is 2. The minimum absolute atomic E-state index is 0.140. The van der Waals surface area contributed by atoms with E-state index in [1.165, 1.54) is 42.7 Å². The molecule has 1 heterocycles. The van der Waals surface area contributed by atoms with Crippen LogP contribution in [0.1, 0.15) is 47.6 Å². The van der Waals surface area contributed by atoms with E-state index in [4.69, 9.17) is 4.74 Å². The van der Waals surface area contributed by atoms with Crippen LogP contribution < -0.4 is 20.1 Å². The highest BCUT2D eigenvalue weighted by Gasteiger charge is 2.31. The molecule has 2 aromatic rings. The monoisotopic (exact) mass is 471 g/mol. The van der Waals surface area contributed by atoms with Crippen LogP contribution in [0.5, 0.6) is 11.5 Å². The molecule has 0 bridgehead atoms. The fourth-order valence-electron chi connectivity index (χ4n) is 3.33. The van der Waals surface area contributed by atoms with Gasteiger partial charge in [-0.25, -0.2) is 4.98 Å². The van der Waals surface area contributed by atoms with Crippen molar-refractivity contribution in [1.82, 2.24) is 15.6 Å². The zero-order valence-electron chi connectivity index (χ0n) is 17.2. The van der Waals surface area contributed by atoms with Gasteiger partial charge in [0.15, 0.2) is 6.61 Å². The van der Waals surface area contributed by atoms with Crippen LogP contribution in [0, 0.1) is 5.92 Å². The van der Waals surface area contributed by atoms with E-state index in [1.807, 2.05) is 0 Å². The number of ether oxygens (including phenoxy) is 2. The zero-order valence-corrected chi connectivity index (χ0v) is 18.1. The Morgan fingerprint density at radius 3 is 2.44 bits per heavy atom. The first-order valence-corrected chi connectivity index (χ1v) is 11.1. The lowest BCUT2D eigenvalue weighted by Gasteiger charge is -2.21. The summed E-state index contributed by atoms with van der Waals surface area (Å²) in [4.78, 5) is 28.5. The number of aromatic nitrogens is 1. The third-order valence-corrected chi connectivity index (χ3v) is 5.77. The molecule has 0 saturated heterocycles. The number of carbonyl (C=O) groups is 2. The first kappa shape index (κ1) is 23.8. The molecule has 32 heavy (non-hydrogen) atoms. The lowest BCUT2D eigenvalue weighted by Crippen LogP contribution is -2.30. The predicted molar refractivity (Wildman–Crippen MR) is 111 cm³/mol. The number of halogens is 3. The molecule has 174 valence electrons. The Balaban J connectivity index is 1.37. The Morgan fingerprint density at radius 1 is 1.06 bits per heavy atom. The number of hydrogen-bond donors (Lipinski definition) is 2. The second kappa shape index (κ2) is 11.2. The number of amides is 2. The molecule has 0 atom stereocenters. The molecule has 2 N–H and O–H groups in total. The average molecular weight is 472 g/mol. The van der Waals surface area contributed by atoms with Gasteiger partial charge in [0.25, 0.3) is 11.8 Å². The predicted octanol–water partition coefficient (Wildman–Crippen LogP) is 4.05. The van der Waals surface area contributed by atoms with Gasteiger partial charge in [-0.3, -0.25) is 9.59 Å². The third kappa shape index (κ3) is 8.03. The number of carbonyl (C=O) groups excluding carboxylic acids is 2. The van der Waals surface area contributed by atoms with Crippen LogP contribution in [-0.2, 0) is 11.3 Å². The van der Waals surface area contributed by atoms with Crippen LogP contribution in [0.3, 0.4) is 0 Å². The van der Waals surface area contributed by atoms with Crippen molar-refractivity contribution in [3.05, 3.63) is 40.3 Å². The maximum Gasteiger partial charge on any atom is 0.573 e. The molecular weight excluding hydrogens is 447 g/mol. The van der Waals surface area contributed by atoms with Gasteiger partial charge in [0.1, 0.15) is 22.2 Å². The molecule has 1 aromatic carbocycles. The molecule has 7 nitrogen and oxygen atoms in total. The van der Waals surface area contributed by atoms with E-state index in [9.17, 15) is 22.8 Å². The van der Waals surface area contributed by atoms with Crippen molar-refractivity contribution in [1.29, 1.82) is 0 Å². The normalized spacial score (nSPS) is 14.6. The van der Waals surface area contributed by atoms with Crippen LogP contribution in [0.15, 0.2) is 29.6 Å². The maximum absolute atomic E-state index is 12.3. The minimum Gasteiger partial charge on any atom is -0.484 e. The summed E-state index contributed by atoms with van der Waals surface area (Å²) in [6, 6.07) is 4.73. The molecule has 0 unspecified atom stereocenters. The number of thiazole rings is 1. The summed E-state index contributed by atoms with van der Waals surface area (Å²) in [5, 5.41) is 7.78. The zero-order chi connectivity index (χ0) is 23.0. The summed E-state index contributed by atoms with van der Waals surface area (Å²) in [5.41, 5.74) is 0.326. The van der Waals surface area contributed by atoms with E-state index in [-0.39, 0.29) is 30.6 Å². The second-order valence-electron chi connectivity index (χ2n) is 7.43. The first-order valence-electron chi connectivity index (χ1n) is 10.3. The number of rotatable bonds is 9. The Labute approximate surface area is 187 Å². The first-order chi connectivity index (χ1) is 15.3. The van der Waals surface area contributed by atoms with Gasteiger partial charge in [-0.15, -0.1) is 24.5 Å². The Kier molecular flexibility index (Phi) is 8.32. The molecule has 2 amide bonds. The molecule has 11 heteroatoms. The van der Waals surface area contributed by atoms with Crippen molar-refractivity contribution in [2.24, 2.45) is 5.92 Å². The standard InChI is InChI=1S/C21H24F3N3O4S/c22-21(23,24)31-16-8-6-15(7-9-16)30-12-18(28)25-11-19-27-17(13-32-19)20(29)26-10-14-4-2-1-3-5-14/h6-9,13-14H,1-5,10-12H2,(H,25,28)(H,26,29). The highest BCUT2D eigenvalue weighted by Crippen LogP contribution is 2.25. The molecule has 0 radical (unpaired) electrons. The highest BCUT2D eigenvalue weighted by atomic mass is 32.1. The molecule has 1 saturated carbocycles. The number of hydrogen-bond acceptors (Lipinski definition) is 6. The smallest absolute Gasteiger partial charge is 0.484 e. The highest BCUT2D eigenvalue weighted by molar-refractivity contribution is 7.09. The third-order valence-electron chi connectivity index (χ3n) is 4.92. The topological polar surface area (TPSA) is 89.6 Å². The quantitative estimate of drug-likeness (QED) is 0.576. The fourth-order valence-corrected chi connectivity index (χ4v) is 4.04. The van der Waals surface area contributed by atoms with Gasteiger partial charge in [-0.05, 0) is 43.0 Å². The van der Waals surface area contributed by atoms with E-state index in [2.05, 4.69) is 20.4 Å². The van der Waals surface area contributed by atoms with Crippen molar-refractivity contribution in [2.75, 3.05) is 13.2 Å². The SMILES string of the molecule is O=C(COc1ccc(OC(F)(F)F)cc1)NCc1nc(C(=O)NCC2CCCCC2)cs1. The number of nitrogens with zero attached hydrogens (tertiary/aromatic N) is 1. The van der Waals surface area contributed by atoms with E-state index < -0.39 is 12.3 Å². The molecule has 1 aliphatic rings. The average Bonchev–Trinajstić information content (AvgIpc) is 3.24. The Morgan fingerprint density at radius 2 is 1.75 bits per heavy atom. The molecule has 1 aliphatic carbocycles. The summed E-state index contributed by atoms with van der Waals surface area (Å²) in [5.74, 6) is -0.277. The van der Waals surface area contributed by atoms with Crippen molar-refractivity contribution < 1.29 is 32.2 Å². The Bertz CT molecular complexity index is 896. The van der Waals surface area contributed by atoms with Crippen LogP contribution in [0.25, 0.3) is 0 Å². The van der Waals surface area contributed by atoms with Crippen LogP contribution in [0.4, 0.5) is 13.2 Å². The lowest BCUT2D eigenvalue weighted by molar-refractivity contribution is -0.274. The van der Waals surface area contributed by atoms with E-state index in [0.29, 0.717) is 23.2 Å². The lowest BCUT2D eigenvalue weighted by atomic mass is 9.89. The Hall–Kier alpha value is -2.82. The van der Waals surface area contributed by atoms with E-state index in [1.54, 1.807) is 5.38 Å². The molecule has 1 aromatic heterocycles. The van der Waals surface area contributed by atoms with Crippen molar-refractivity contribution >= 4 is 23.2 Å². The van der Waals surface area contributed by atoms with E-state index >= 15 is 0 Å². The molecule has 1 fully saturated rings. The van der Waals surface area contributed by atoms with Crippen molar-refractivity contribution in [3.63, 3.8) is 0 Å². The van der Waals surface area contributed by atoms with Gasteiger partial charge >= 0.3 is 6.36 Å². The van der Waals surface area contributed by atoms with Gasteiger partial charge in [0, 0.05) is 11.9 Å². The van der Waals surface area contributed by atoms with Gasteiger partial charge in [0.05, 0.1) is 6.54 Å². The molecule has 3 rings (SSSR count). The largest absolute Gasteiger partial charge is 0.573 e. The molecule has 0 aliphatic heterocycles. The number of benzene rings is 1. The van der Waals surface area contributed by atoms with Crippen molar-refractivity contribution in [2.45, 2.75) is 45.0 Å². The van der Waals surface area contributed by atoms with Crippen molar-refractivity contribution in [3.8, 4) is 11.5 Å². The van der Waals surface area contributed by atoms with Crippen LogP contribution in [0.2, 0.25) is 0 Å². The van der Waals surface area contributed by atoms with Gasteiger partial charge < -0.3 is 20.1 Å². The summed E-state index contributed by atoms with van der Waals surface area (Å²) >= 11 is 1.27. The van der Waals surface area contributed by atoms with Crippen LogP contribution >= 0.6 is 11.3 Å². The molecule has 0 spiro atoms. The van der Waals surface area contributed by atoms with Gasteiger partial charge in [0.2, 0.25) is 0 Å².